The van der Waals surface area contributed by atoms with Crippen molar-refractivity contribution in [2.75, 3.05) is 6.61 Å². The maximum atomic E-state index is 8.47. The molecule has 1 aromatic carbocycles. The Morgan fingerprint density at radius 1 is 1.16 bits per heavy atom. The van der Waals surface area contributed by atoms with Crippen molar-refractivity contribution in [3.8, 4) is 11.8 Å². The van der Waals surface area contributed by atoms with Crippen molar-refractivity contribution in [1.82, 2.24) is 10.3 Å². The molecule has 0 fully saturated rings. The highest BCUT2D eigenvalue weighted by molar-refractivity contribution is 5.28. The minimum absolute atomic E-state index is 0.0742. The summed E-state index contributed by atoms with van der Waals surface area (Å²) in [4.78, 5) is 4.24. The highest BCUT2D eigenvalue weighted by Gasteiger charge is 1.97. The Balaban J connectivity index is 1.84. The number of benzene rings is 1. The fourth-order valence-corrected chi connectivity index (χ4v) is 1.70. The van der Waals surface area contributed by atoms with Gasteiger partial charge in [0.1, 0.15) is 11.8 Å². The first kappa shape index (κ1) is 13.1. The second-order valence-corrected chi connectivity index (χ2v) is 4.02. The van der Waals surface area contributed by atoms with Crippen LogP contribution in [0.1, 0.15) is 11.3 Å². The molecule has 0 saturated carbocycles. The second-order valence-electron chi connectivity index (χ2n) is 4.02. The van der Waals surface area contributed by atoms with Gasteiger partial charge in [-0.3, -0.25) is 4.98 Å². The molecular weight excluding hydrogens is 238 g/mol. The molecule has 0 amide bonds. The maximum absolute atomic E-state index is 8.47. The van der Waals surface area contributed by atoms with Crippen molar-refractivity contribution < 1.29 is 4.74 Å². The average molecular weight is 253 g/mol. The smallest absolute Gasteiger partial charge is 0.174 e. The van der Waals surface area contributed by atoms with Crippen LogP contribution in [0.5, 0.6) is 5.75 Å². The van der Waals surface area contributed by atoms with Crippen molar-refractivity contribution in [1.29, 1.82) is 5.26 Å². The van der Waals surface area contributed by atoms with Gasteiger partial charge in [0.25, 0.3) is 0 Å². The van der Waals surface area contributed by atoms with Gasteiger partial charge in [-0.15, -0.1) is 0 Å². The molecule has 2 aromatic rings. The van der Waals surface area contributed by atoms with Gasteiger partial charge < -0.3 is 10.1 Å². The van der Waals surface area contributed by atoms with E-state index in [1.165, 1.54) is 0 Å². The third-order valence-electron chi connectivity index (χ3n) is 2.56. The first-order valence-electron chi connectivity index (χ1n) is 6.08. The topological polar surface area (TPSA) is 57.9 Å². The lowest BCUT2D eigenvalue weighted by molar-refractivity contribution is 0.367. The molecule has 0 aliphatic rings. The Morgan fingerprint density at radius 2 is 2.11 bits per heavy atom. The Bertz CT molecular complexity index is 549. The minimum atomic E-state index is 0.0742. The van der Waals surface area contributed by atoms with E-state index < -0.39 is 0 Å². The number of nitrogens with zero attached hydrogens (tertiary/aromatic N) is 2. The molecule has 96 valence electrons. The van der Waals surface area contributed by atoms with Gasteiger partial charge in [0, 0.05) is 19.3 Å². The quantitative estimate of drug-likeness (QED) is 0.858. The molecule has 0 bridgehead atoms. The molecule has 0 atom stereocenters. The minimum Gasteiger partial charge on any atom is -0.479 e. The molecule has 0 aliphatic carbocycles. The largest absolute Gasteiger partial charge is 0.479 e. The fourth-order valence-electron chi connectivity index (χ4n) is 1.70. The summed E-state index contributed by atoms with van der Waals surface area (Å²) in [6, 6.07) is 15.5. The third kappa shape index (κ3) is 4.41. The van der Waals surface area contributed by atoms with Crippen LogP contribution in [0, 0.1) is 11.3 Å². The molecule has 1 heterocycles. The summed E-state index contributed by atoms with van der Waals surface area (Å²) < 4.78 is 5.26. The van der Waals surface area contributed by atoms with Crippen LogP contribution in [0.2, 0.25) is 0 Å². The van der Waals surface area contributed by atoms with Crippen LogP contribution < -0.4 is 10.1 Å². The van der Waals surface area contributed by atoms with E-state index in [9.17, 15) is 0 Å². The predicted molar refractivity (Wildman–Crippen MR) is 72.3 cm³/mol. The number of rotatable bonds is 6. The first-order chi connectivity index (χ1) is 9.38. The summed E-state index contributed by atoms with van der Waals surface area (Å²) in [6.07, 6.45) is 1.79. The molecule has 0 spiro atoms. The van der Waals surface area contributed by atoms with E-state index >= 15 is 0 Å². The van der Waals surface area contributed by atoms with E-state index in [1.54, 1.807) is 6.20 Å². The number of hydrogen-bond donors (Lipinski definition) is 1. The van der Waals surface area contributed by atoms with Crippen LogP contribution in [0.25, 0.3) is 0 Å². The summed E-state index contributed by atoms with van der Waals surface area (Å²) in [6.45, 7) is 1.54. The normalized spacial score (nSPS) is 9.84. The van der Waals surface area contributed by atoms with Gasteiger partial charge >= 0.3 is 0 Å². The van der Waals surface area contributed by atoms with Gasteiger partial charge in [-0.2, -0.15) is 5.26 Å². The lowest BCUT2D eigenvalue weighted by Gasteiger charge is -2.07. The molecule has 0 aliphatic heterocycles. The standard InChI is InChI=1S/C15H15N3O/c16-7-9-19-15-6-3-4-13(10-15)11-17-12-14-5-1-2-8-18-14/h1-6,8,10,17H,9,11-12H2. The Labute approximate surface area is 112 Å². The molecule has 2 rings (SSSR count). The lowest BCUT2D eigenvalue weighted by atomic mass is 10.2. The van der Waals surface area contributed by atoms with Crippen molar-refractivity contribution >= 4 is 0 Å². The van der Waals surface area contributed by atoms with Crippen molar-refractivity contribution in [2.24, 2.45) is 0 Å². The van der Waals surface area contributed by atoms with Crippen molar-refractivity contribution in [2.45, 2.75) is 13.1 Å². The zero-order chi connectivity index (χ0) is 13.3. The molecule has 1 N–H and O–H groups in total. The maximum Gasteiger partial charge on any atom is 0.174 e. The van der Waals surface area contributed by atoms with E-state index in [2.05, 4.69) is 10.3 Å². The number of aromatic nitrogens is 1. The Morgan fingerprint density at radius 3 is 2.89 bits per heavy atom. The number of nitriles is 1. The summed E-state index contributed by atoms with van der Waals surface area (Å²) in [5.74, 6) is 0.721. The fraction of sp³-hybridized carbons (Fsp3) is 0.200. The molecule has 4 nitrogen and oxygen atoms in total. The average Bonchev–Trinajstić information content (AvgIpc) is 2.47. The Kier molecular flexibility index (Phi) is 4.91. The lowest BCUT2D eigenvalue weighted by Crippen LogP contribution is -2.13. The summed E-state index contributed by atoms with van der Waals surface area (Å²) >= 11 is 0. The summed E-state index contributed by atoms with van der Waals surface area (Å²) in [5, 5.41) is 11.8. The van der Waals surface area contributed by atoms with E-state index in [1.807, 2.05) is 48.5 Å². The van der Waals surface area contributed by atoms with E-state index in [0.29, 0.717) is 0 Å². The molecule has 0 unspecified atom stereocenters. The van der Waals surface area contributed by atoms with Gasteiger partial charge in [0.05, 0.1) is 5.69 Å². The molecule has 0 radical (unpaired) electrons. The Hall–Kier alpha value is -2.38. The van der Waals surface area contributed by atoms with E-state index in [0.717, 1.165) is 30.1 Å². The number of pyridine rings is 1. The SMILES string of the molecule is N#CCOc1cccc(CNCc2ccccn2)c1. The molecule has 1 aromatic heterocycles. The molecule has 0 saturated heterocycles. The van der Waals surface area contributed by atoms with Crippen LogP contribution in [-0.4, -0.2) is 11.6 Å². The number of nitrogens with one attached hydrogen (secondary N) is 1. The summed E-state index contributed by atoms with van der Waals surface area (Å²) in [7, 11) is 0. The number of hydrogen-bond acceptors (Lipinski definition) is 4. The summed E-state index contributed by atoms with van der Waals surface area (Å²) in [5.41, 5.74) is 2.13. The monoisotopic (exact) mass is 253 g/mol. The highest BCUT2D eigenvalue weighted by Crippen LogP contribution is 2.13. The molecule has 19 heavy (non-hydrogen) atoms. The van der Waals surface area contributed by atoms with Gasteiger partial charge in [-0.05, 0) is 29.8 Å². The van der Waals surface area contributed by atoms with Crippen molar-refractivity contribution in [3.63, 3.8) is 0 Å². The van der Waals surface area contributed by atoms with Gasteiger partial charge in [0.2, 0.25) is 0 Å². The van der Waals surface area contributed by atoms with Crippen LogP contribution in [0.15, 0.2) is 48.7 Å². The van der Waals surface area contributed by atoms with Gasteiger partial charge in [0.15, 0.2) is 6.61 Å². The van der Waals surface area contributed by atoms with Crippen molar-refractivity contribution in [3.05, 3.63) is 59.9 Å². The van der Waals surface area contributed by atoms with E-state index in [4.69, 9.17) is 10.00 Å². The van der Waals surface area contributed by atoms with Gasteiger partial charge in [-0.25, -0.2) is 0 Å². The van der Waals surface area contributed by atoms with Crippen LogP contribution in [-0.2, 0) is 13.1 Å². The van der Waals surface area contributed by atoms with Crippen LogP contribution >= 0.6 is 0 Å². The van der Waals surface area contributed by atoms with Crippen LogP contribution in [0.4, 0.5) is 0 Å². The number of ether oxygens (including phenoxy) is 1. The van der Waals surface area contributed by atoms with Crippen LogP contribution in [0.3, 0.4) is 0 Å². The zero-order valence-corrected chi connectivity index (χ0v) is 10.5. The van der Waals surface area contributed by atoms with E-state index in [-0.39, 0.29) is 6.61 Å². The van der Waals surface area contributed by atoms with Gasteiger partial charge in [-0.1, -0.05) is 18.2 Å². The molecular formula is C15H15N3O. The first-order valence-corrected chi connectivity index (χ1v) is 6.08. The molecule has 4 heteroatoms. The second kappa shape index (κ2) is 7.14. The third-order valence-corrected chi connectivity index (χ3v) is 2.56. The predicted octanol–water partition coefficient (Wildman–Crippen LogP) is 2.27. The highest BCUT2D eigenvalue weighted by atomic mass is 16.5. The zero-order valence-electron chi connectivity index (χ0n) is 10.5.